The Morgan fingerprint density at radius 3 is 2.45 bits per heavy atom. The number of nitrogens with zero attached hydrogens (tertiary/aromatic N) is 3. The van der Waals surface area contributed by atoms with Crippen molar-refractivity contribution in [1.82, 2.24) is 20.2 Å². The third-order valence-corrected chi connectivity index (χ3v) is 7.71. The predicted octanol–water partition coefficient (Wildman–Crippen LogP) is 4.90. The van der Waals surface area contributed by atoms with Gasteiger partial charge in [0.1, 0.15) is 17.7 Å². The van der Waals surface area contributed by atoms with E-state index in [-0.39, 0.29) is 61.0 Å². The zero-order chi connectivity index (χ0) is 29.5. The van der Waals surface area contributed by atoms with Gasteiger partial charge in [-0.3, -0.25) is 9.59 Å². The van der Waals surface area contributed by atoms with E-state index in [0.29, 0.717) is 17.4 Å². The molecule has 220 valence electrons. The van der Waals surface area contributed by atoms with Crippen LogP contribution in [0.15, 0.2) is 12.3 Å². The van der Waals surface area contributed by atoms with Crippen LogP contribution in [0, 0.1) is 0 Å². The number of piperidine rings is 1. The summed E-state index contributed by atoms with van der Waals surface area (Å²) in [6.07, 6.45) is -5.93. The summed E-state index contributed by atoms with van der Waals surface area (Å²) in [6.45, 7) is 2.73. The van der Waals surface area contributed by atoms with E-state index in [1.54, 1.807) is 0 Å². The molecule has 0 aromatic carbocycles. The number of aromatic nitrogens is 2. The fourth-order valence-corrected chi connectivity index (χ4v) is 5.55. The van der Waals surface area contributed by atoms with E-state index in [1.165, 1.54) is 18.7 Å². The Kier molecular flexibility index (Phi) is 8.37. The first-order valence-electron chi connectivity index (χ1n) is 12.7. The van der Waals surface area contributed by atoms with Crippen LogP contribution < -0.4 is 10.6 Å². The van der Waals surface area contributed by atoms with Crippen molar-refractivity contribution in [3.8, 4) is 10.4 Å². The van der Waals surface area contributed by atoms with Gasteiger partial charge in [-0.1, -0.05) is 0 Å². The first-order valence-corrected chi connectivity index (χ1v) is 13.5. The molecule has 4 rings (SSSR count). The summed E-state index contributed by atoms with van der Waals surface area (Å²) < 4.78 is 83.6. The van der Waals surface area contributed by atoms with Gasteiger partial charge in [-0.15, -0.1) is 11.3 Å². The highest BCUT2D eigenvalue weighted by Gasteiger charge is 2.41. The number of carbonyl (C=O) groups is 2. The molecule has 15 heteroatoms. The molecule has 2 amide bonds. The number of thiazole rings is 1. The molecule has 8 nitrogen and oxygen atoms in total. The van der Waals surface area contributed by atoms with Gasteiger partial charge in [0.05, 0.1) is 16.0 Å². The SMILES string of the molecule is CC(C)(O)CNC(=O)c1nc(C(=O)N2CCC(F)CC2)c(-c2cnc(NC3CCC(F)(F)C3)cc2C(F)(F)F)s1. The van der Waals surface area contributed by atoms with Crippen molar-refractivity contribution >= 4 is 29.0 Å². The van der Waals surface area contributed by atoms with E-state index < -0.39 is 65.0 Å². The number of anilines is 1. The minimum Gasteiger partial charge on any atom is -0.389 e. The van der Waals surface area contributed by atoms with Gasteiger partial charge in [-0.2, -0.15) is 13.2 Å². The van der Waals surface area contributed by atoms with Crippen LogP contribution in [0.4, 0.5) is 32.2 Å². The number of hydrogen-bond donors (Lipinski definition) is 3. The van der Waals surface area contributed by atoms with Crippen molar-refractivity contribution in [3.05, 3.63) is 28.5 Å². The van der Waals surface area contributed by atoms with Gasteiger partial charge >= 0.3 is 6.18 Å². The van der Waals surface area contributed by atoms with Gasteiger partial charge in [0.25, 0.3) is 11.8 Å². The lowest BCUT2D eigenvalue weighted by Gasteiger charge is -2.28. The molecule has 3 N–H and O–H groups in total. The van der Waals surface area contributed by atoms with E-state index in [1.807, 2.05) is 0 Å². The highest BCUT2D eigenvalue weighted by molar-refractivity contribution is 7.17. The van der Waals surface area contributed by atoms with Crippen LogP contribution in [0.2, 0.25) is 0 Å². The number of likely N-dealkylation sites (tertiary alicyclic amines) is 1. The molecule has 1 aliphatic carbocycles. The summed E-state index contributed by atoms with van der Waals surface area (Å²) in [5.41, 5.74) is -3.42. The largest absolute Gasteiger partial charge is 0.417 e. The van der Waals surface area contributed by atoms with Crippen molar-refractivity contribution in [1.29, 1.82) is 0 Å². The molecular formula is C25H29F6N5O3S. The molecule has 2 fully saturated rings. The van der Waals surface area contributed by atoms with Crippen LogP contribution in [0.5, 0.6) is 0 Å². The first-order chi connectivity index (χ1) is 18.5. The number of halogens is 6. The Balaban J connectivity index is 1.73. The maximum absolute atomic E-state index is 14.3. The minimum absolute atomic E-state index is 0.0243. The monoisotopic (exact) mass is 593 g/mol. The van der Waals surface area contributed by atoms with Gasteiger partial charge < -0.3 is 20.6 Å². The van der Waals surface area contributed by atoms with Gasteiger partial charge in [0.15, 0.2) is 5.01 Å². The third-order valence-electron chi connectivity index (χ3n) is 6.63. The number of pyridine rings is 1. The number of nitrogens with one attached hydrogen (secondary N) is 2. The Morgan fingerprint density at radius 1 is 1.20 bits per heavy atom. The molecule has 2 aromatic heterocycles. The Morgan fingerprint density at radius 2 is 1.88 bits per heavy atom. The Bertz CT molecular complexity index is 1250. The van der Waals surface area contributed by atoms with Crippen molar-refractivity contribution < 1.29 is 41.0 Å². The number of hydrogen-bond acceptors (Lipinski definition) is 7. The molecule has 3 heterocycles. The molecule has 1 unspecified atom stereocenters. The van der Waals surface area contributed by atoms with E-state index in [9.17, 15) is 41.0 Å². The molecule has 1 atom stereocenters. The topological polar surface area (TPSA) is 107 Å². The summed E-state index contributed by atoms with van der Waals surface area (Å²) >= 11 is 0.547. The van der Waals surface area contributed by atoms with Crippen LogP contribution in [-0.4, -0.2) is 75.2 Å². The number of aliphatic hydroxyl groups is 1. The number of alkyl halides is 6. The van der Waals surface area contributed by atoms with Gasteiger partial charge in [-0.05, 0) is 39.2 Å². The third kappa shape index (κ3) is 7.22. The van der Waals surface area contributed by atoms with Crippen LogP contribution in [-0.2, 0) is 6.18 Å². The van der Waals surface area contributed by atoms with Crippen LogP contribution in [0.25, 0.3) is 10.4 Å². The zero-order valence-corrected chi connectivity index (χ0v) is 22.6. The second-order valence-corrected chi connectivity index (χ2v) is 11.7. The molecule has 40 heavy (non-hydrogen) atoms. The molecule has 1 aliphatic heterocycles. The fourth-order valence-electron chi connectivity index (χ4n) is 4.55. The van der Waals surface area contributed by atoms with Crippen molar-refractivity contribution in [2.75, 3.05) is 25.0 Å². The van der Waals surface area contributed by atoms with E-state index in [0.717, 1.165) is 6.20 Å². The van der Waals surface area contributed by atoms with E-state index in [4.69, 9.17) is 0 Å². The smallest absolute Gasteiger partial charge is 0.389 e. The second-order valence-electron chi connectivity index (χ2n) is 10.7. The van der Waals surface area contributed by atoms with E-state index in [2.05, 4.69) is 20.6 Å². The van der Waals surface area contributed by atoms with Crippen LogP contribution in [0.1, 0.15) is 71.8 Å². The van der Waals surface area contributed by atoms with Crippen molar-refractivity contribution in [2.45, 2.75) is 75.9 Å². The molecule has 1 saturated carbocycles. The second kappa shape index (κ2) is 11.1. The first kappa shape index (κ1) is 30.0. The van der Waals surface area contributed by atoms with Crippen molar-refractivity contribution in [2.24, 2.45) is 0 Å². The minimum atomic E-state index is -4.94. The number of rotatable bonds is 7. The zero-order valence-electron chi connectivity index (χ0n) is 21.7. The fraction of sp³-hybridized carbons (Fsp3) is 0.600. The molecule has 2 aliphatic rings. The summed E-state index contributed by atoms with van der Waals surface area (Å²) in [5.74, 6) is -4.74. The Labute approximate surface area is 230 Å². The normalized spacial score (nSPS) is 20.0. The highest BCUT2D eigenvalue weighted by atomic mass is 32.1. The molecular weight excluding hydrogens is 564 g/mol. The standard InChI is InChI=1S/C25H29F6N5O3S/c1-23(2,39)12-33-20(37)21-35-18(22(38)36-7-4-13(26)5-8-36)19(40-21)15-11-32-17(9-16(15)25(29,30)31)34-14-3-6-24(27,28)10-14/h9,11,13-14,39H,3-8,10,12H2,1-2H3,(H,32,34)(H,33,37). The highest BCUT2D eigenvalue weighted by Crippen LogP contribution is 2.42. The lowest BCUT2D eigenvalue weighted by Crippen LogP contribution is -2.39. The maximum Gasteiger partial charge on any atom is 0.417 e. The average molecular weight is 594 g/mol. The van der Waals surface area contributed by atoms with Crippen LogP contribution in [0.3, 0.4) is 0 Å². The van der Waals surface area contributed by atoms with Gasteiger partial charge in [0, 0.05) is 50.3 Å². The van der Waals surface area contributed by atoms with Gasteiger partial charge in [0.2, 0.25) is 5.92 Å². The summed E-state index contributed by atoms with van der Waals surface area (Å²) in [7, 11) is 0. The lowest BCUT2D eigenvalue weighted by atomic mass is 10.0. The maximum atomic E-state index is 14.3. The number of amides is 2. The molecule has 2 aromatic rings. The molecule has 0 radical (unpaired) electrons. The quantitative estimate of drug-likeness (QED) is 0.395. The summed E-state index contributed by atoms with van der Waals surface area (Å²) in [4.78, 5) is 35.2. The average Bonchev–Trinajstić information content (AvgIpc) is 3.44. The Hall–Kier alpha value is -2.94. The van der Waals surface area contributed by atoms with E-state index >= 15 is 0 Å². The lowest BCUT2D eigenvalue weighted by molar-refractivity contribution is -0.137. The molecule has 0 bridgehead atoms. The summed E-state index contributed by atoms with van der Waals surface area (Å²) in [5, 5.41) is 14.7. The molecule has 0 spiro atoms. The van der Waals surface area contributed by atoms with Gasteiger partial charge in [-0.25, -0.2) is 23.1 Å². The van der Waals surface area contributed by atoms with Crippen LogP contribution >= 0.6 is 11.3 Å². The number of carbonyl (C=O) groups excluding carboxylic acids is 2. The summed E-state index contributed by atoms with van der Waals surface area (Å²) in [6, 6.07) is -0.0814. The van der Waals surface area contributed by atoms with Crippen molar-refractivity contribution in [3.63, 3.8) is 0 Å². The molecule has 1 saturated heterocycles. The predicted molar refractivity (Wildman–Crippen MR) is 135 cm³/mol.